The Bertz CT molecular complexity index is 901. The number of benzene rings is 1. The van der Waals surface area contributed by atoms with Gasteiger partial charge in [-0.2, -0.15) is 0 Å². The number of hydrogen-bond donors (Lipinski definition) is 1. The first kappa shape index (κ1) is 22.7. The van der Waals surface area contributed by atoms with Crippen LogP contribution in [0.3, 0.4) is 0 Å². The lowest BCUT2D eigenvalue weighted by atomic mass is 10.2. The minimum atomic E-state index is -0.999. The van der Waals surface area contributed by atoms with Gasteiger partial charge < -0.3 is 19.5 Å². The van der Waals surface area contributed by atoms with Crippen molar-refractivity contribution in [3.8, 4) is 5.75 Å². The molecule has 3 rings (SSSR count). The Morgan fingerprint density at radius 3 is 2.77 bits per heavy atom. The van der Waals surface area contributed by atoms with E-state index < -0.39 is 5.97 Å². The number of aliphatic carboxylic acids is 1. The van der Waals surface area contributed by atoms with Gasteiger partial charge in [0, 0.05) is 29.7 Å². The first-order valence-corrected chi connectivity index (χ1v) is 11.1. The first-order valence-electron chi connectivity index (χ1n) is 9.10. The molecule has 2 aliphatic heterocycles. The molecular weight excluding hydrogens is 496 g/mol. The van der Waals surface area contributed by atoms with E-state index in [0.29, 0.717) is 46.8 Å². The number of carboxylic acids is 1. The fraction of sp³-hybridized carbons (Fsp3) is 0.368. The minimum Gasteiger partial charge on any atom is -0.483 e. The number of thiocarbonyl (C=S) groups is 1. The van der Waals surface area contributed by atoms with E-state index in [-0.39, 0.29) is 31.4 Å². The summed E-state index contributed by atoms with van der Waals surface area (Å²) in [4.78, 5) is 39.1. The number of hydrogen-bond acceptors (Lipinski definition) is 7. The maximum Gasteiger partial charge on any atom is 0.305 e. The third-order valence-corrected chi connectivity index (χ3v) is 6.27. The Morgan fingerprint density at radius 1 is 1.33 bits per heavy atom. The topological polar surface area (TPSA) is 96.4 Å². The summed E-state index contributed by atoms with van der Waals surface area (Å²) in [6.07, 6.45) is 1.45. The molecule has 2 saturated heterocycles. The molecule has 0 spiro atoms. The molecule has 1 aromatic rings. The van der Waals surface area contributed by atoms with Gasteiger partial charge in [0.2, 0.25) is 0 Å². The molecule has 0 bridgehead atoms. The predicted octanol–water partition coefficient (Wildman–Crippen LogP) is 2.36. The van der Waals surface area contributed by atoms with Crippen molar-refractivity contribution in [3.05, 3.63) is 33.1 Å². The maximum atomic E-state index is 12.6. The molecule has 0 unspecified atom stereocenters. The average molecular weight is 515 g/mol. The lowest BCUT2D eigenvalue weighted by Gasteiger charge is -2.26. The third-order valence-electron chi connectivity index (χ3n) is 4.40. The monoisotopic (exact) mass is 514 g/mol. The number of nitrogens with zero attached hydrogens (tertiary/aromatic N) is 2. The van der Waals surface area contributed by atoms with Gasteiger partial charge in [0.15, 0.2) is 6.61 Å². The van der Waals surface area contributed by atoms with Crippen LogP contribution < -0.4 is 4.74 Å². The molecule has 160 valence electrons. The number of carboxylic acid groups (broad SMARTS) is 1. The Kier molecular flexibility index (Phi) is 7.87. The normalized spacial score (nSPS) is 18.2. The first-order chi connectivity index (χ1) is 14.3. The largest absolute Gasteiger partial charge is 0.483 e. The Morgan fingerprint density at radius 2 is 2.07 bits per heavy atom. The van der Waals surface area contributed by atoms with Crippen LogP contribution in [-0.2, 0) is 19.1 Å². The van der Waals surface area contributed by atoms with E-state index in [4.69, 9.17) is 26.8 Å². The second kappa shape index (κ2) is 10.4. The van der Waals surface area contributed by atoms with Gasteiger partial charge >= 0.3 is 5.97 Å². The van der Waals surface area contributed by atoms with E-state index in [1.54, 1.807) is 29.2 Å². The van der Waals surface area contributed by atoms with Gasteiger partial charge in [0.05, 0.1) is 24.5 Å². The molecule has 11 heteroatoms. The number of ether oxygens (including phenoxy) is 2. The van der Waals surface area contributed by atoms with E-state index in [0.717, 1.165) is 16.2 Å². The van der Waals surface area contributed by atoms with Gasteiger partial charge in [-0.3, -0.25) is 19.3 Å². The number of halogens is 1. The van der Waals surface area contributed by atoms with E-state index in [1.807, 2.05) is 0 Å². The highest BCUT2D eigenvalue weighted by Crippen LogP contribution is 2.35. The maximum absolute atomic E-state index is 12.6. The summed E-state index contributed by atoms with van der Waals surface area (Å²) < 4.78 is 12.1. The van der Waals surface area contributed by atoms with Crippen molar-refractivity contribution in [2.45, 2.75) is 6.42 Å². The van der Waals surface area contributed by atoms with Crippen molar-refractivity contribution in [3.63, 3.8) is 0 Å². The van der Waals surface area contributed by atoms with E-state index >= 15 is 0 Å². The van der Waals surface area contributed by atoms with Gasteiger partial charge in [-0.15, -0.1) is 0 Å². The van der Waals surface area contributed by atoms with Crippen LogP contribution in [0.2, 0.25) is 0 Å². The van der Waals surface area contributed by atoms with E-state index in [2.05, 4.69) is 15.9 Å². The summed E-state index contributed by atoms with van der Waals surface area (Å²) in [5.41, 5.74) is 0.609. The molecule has 0 saturated carbocycles. The van der Waals surface area contributed by atoms with E-state index in [9.17, 15) is 14.4 Å². The van der Waals surface area contributed by atoms with E-state index in [1.165, 1.54) is 4.90 Å². The summed E-state index contributed by atoms with van der Waals surface area (Å²) in [5, 5.41) is 8.85. The molecule has 0 atom stereocenters. The fourth-order valence-corrected chi connectivity index (χ4v) is 4.53. The quantitative estimate of drug-likeness (QED) is 0.437. The Balaban J connectivity index is 1.73. The molecule has 2 heterocycles. The van der Waals surface area contributed by atoms with Crippen molar-refractivity contribution in [1.29, 1.82) is 0 Å². The van der Waals surface area contributed by atoms with Gasteiger partial charge in [0.1, 0.15) is 10.1 Å². The zero-order valence-corrected chi connectivity index (χ0v) is 19.1. The second-order valence-corrected chi connectivity index (χ2v) is 9.03. The number of morpholine rings is 1. The van der Waals surface area contributed by atoms with Crippen molar-refractivity contribution in [2.24, 2.45) is 0 Å². The average Bonchev–Trinajstić information content (AvgIpc) is 2.98. The van der Waals surface area contributed by atoms with Crippen LogP contribution >= 0.6 is 39.9 Å². The molecule has 0 aromatic heterocycles. The summed E-state index contributed by atoms with van der Waals surface area (Å²) in [6, 6.07) is 5.27. The van der Waals surface area contributed by atoms with Gasteiger partial charge in [-0.25, -0.2) is 0 Å². The van der Waals surface area contributed by atoms with Crippen molar-refractivity contribution >= 4 is 68.1 Å². The SMILES string of the molecule is O=C(O)CCN1C(=O)/C(=C\c2cc(Br)ccc2OCC(=O)N2CCOCC2)SC1=S. The number of amides is 2. The summed E-state index contributed by atoms with van der Waals surface area (Å²) in [7, 11) is 0. The van der Waals surface area contributed by atoms with Crippen LogP contribution in [0, 0.1) is 0 Å². The fourth-order valence-electron chi connectivity index (χ4n) is 2.85. The molecule has 8 nitrogen and oxygen atoms in total. The van der Waals surface area contributed by atoms with Gasteiger partial charge in [0.25, 0.3) is 11.8 Å². The predicted molar refractivity (Wildman–Crippen MR) is 119 cm³/mol. The minimum absolute atomic E-state index is 0.0211. The molecule has 2 amide bonds. The Hall–Kier alpha value is -1.95. The van der Waals surface area contributed by atoms with Crippen LogP contribution in [0.15, 0.2) is 27.6 Å². The standard InChI is InChI=1S/C19H19BrN2O6S2/c20-13-1-2-14(28-11-16(23)21-5-7-27-8-6-21)12(9-13)10-15-18(26)22(19(29)30-15)4-3-17(24)25/h1-2,9-10H,3-8,11H2,(H,24,25)/b15-10+. The van der Waals surface area contributed by atoms with Crippen molar-refractivity contribution in [1.82, 2.24) is 9.80 Å². The zero-order valence-electron chi connectivity index (χ0n) is 15.8. The molecule has 2 fully saturated rings. The number of rotatable bonds is 7. The van der Waals surface area contributed by atoms with Crippen molar-refractivity contribution in [2.75, 3.05) is 39.5 Å². The van der Waals surface area contributed by atoms with Crippen molar-refractivity contribution < 1.29 is 29.0 Å². The van der Waals surface area contributed by atoms with Gasteiger partial charge in [-0.1, -0.05) is 39.9 Å². The molecule has 1 N–H and O–H groups in total. The Labute approximate surface area is 191 Å². The van der Waals surface area contributed by atoms with Crippen LogP contribution in [0.4, 0.5) is 0 Å². The zero-order chi connectivity index (χ0) is 21.7. The number of carbonyl (C=O) groups is 3. The highest BCUT2D eigenvalue weighted by molar-refractivity contribution is 9.10. The van der Waals surface area contributed by atoms with Gasteiger partial charge in [-0.05, 0) is 24.3 Å². The molecular formula is C19H19BrN2O6S2. The summed E-state index contributed by atoms with van der Waals surface area (Å²) in [5.74, 6) is -1.02. The molecule has 30 heavy (non-hydrogen) atoms. The number of carbonyl (C=O) groups excluding carboxylic acids is 2. The highest BCUT2D eigenvalue weighted by Gasteiger charge is 2.32. The lowest BCUT2D eigenvalue weighted by molar-refractivity contribution is -0.138. The van der Waals surface area contributed by atoms with Crippen LogP contribution in [0.25, 0.3) is 6.08 Å². The second-order valence-electron chi connectivity index (χ2n) is 6.44. The molecule has 1 aromatic carbocycles. The summed E-state index contributed by atoms with van der Waals surface area (Å²) in [6.45, 7) is 2.00. The summed E-state index contributed by atoms with van der Waals surface area (Å²) >= 11 is 9.72. The number of thioether (sulfide) groups is 1. The van der Waals surface area contributed by atoms with Crippen LogP contribution in [0.1, 0.15) is 12.0 Å². The third kappa shape index (κ3) is 5.81. The highest BCUT2D eigenvalue weighted by atomic mass is 79.9. The lowest BCUT2D eigenvalue weighted by Crippen LogP contribution is -2.43. The smallest absolute Gasteiger partial charge is 0.305 e. The van der Waals surface area contributed by atoms with Crippen LogP contribution in [0.5, 0.6) is 5.75 Å². The van der Waals surface area contributed by atoms with Crippen LogP contribution in [-0.4, -0.2) is 76.5 Å². The molecule has 2 aliphatic rings. The molecule has 0 radical (unpaired) electrons. The molecule has 0 aliphatic carbocycles.